The average molecular weight is 232 g/mol. The van der Waals surface area contributed by atoms with Gasteiger partial charge in [0.25, 0.3) is 0 Å². The Bertz CT molecular complexity index is 542. The van der Waals surface area contributed by atoms with Crippen molar-refractivity contribution in [3.63, 3.8) is 0 Å². The van der Waals surface area contributed by atoms with Gasteiger partial charge < -0.3 is 11.1 Å². The molecular weight excluding hydrogens is 216 g/mol. The van der Waals surface area contributed by atoms with Crippen molar-refractivity contribution < 1.29 is 0 Å². The highest BCUT2D eigenvalue weighted by Crippen LogP contribution is 2.40. The van der Waals surface area contributed by atoms with Gasteiger partial charge in [-0.05, 0) is 18.3 Å². The Morgan fingerprint density at radius 1 is 1.47 bits per heavy atom. The standard InChI is InChI=1S/C11H16N6/c1-11(3-2-4-11)6-13-8-7-5-14-17-9(7)16-10(12)15-8/h5H,2-4,6H2,1H3,(H4,12,13,14,15,16,17). The summed E-state index contributed by atoms with van der Waals surface area (Å²) in [5.74, 6) is 1.04. The molecule has 0 amide bonds. The van der Waals surface area contributed by atoms with Crippen LogP contribution in [0.1, 0.15) is 26.2 Å². The van der Waals surface area contributed by atoms with Gasteiger partial charge in [-0.15, -0.1) is 0 Å². The van der Waals surface area contributed by atoms with Crippen molar-refractivity contribution in [2.24, 2.45) is 5.41 Å². The van der Waals surface area contributed by atoms with E-state index in [-0.39, 0.29) is 5.95 Å². The lowest BCUT2D eigenvalue weighted by atomic mass is 9.70. The first-order valence-corrected chi connectivity index (χ1v) is 5.87. The summed E-state index contributed by atoms with van der Waals surface area (Å²) >= 11 is 0. The zero-order chi connectivity index (χ0) is 11.9. The van der Waals surface area contributed by atoms with E-state index in [1.807, 2.05) is 0 Å². The molecule has 6 heteroatoms. The number of hydrogen-bond acceptors (Lipinski definition) is 5. The van der Waals surface area contributed by atoms with Gasteiger partial charge in [0.1, 0.15) is 5.82 Å². The highest BCUT2D eigenvalue weighted by molar-refractivity contribution is 5.86. The largest absolute Gasteiger partial charge is 0.369 e. The SMILES string of the molecule is CC1(CNc2nc(N)nc3[nH]ncc23)CCC1. The average Bonchev–Trinajstić information content (AvgIpc) is 2.71. The van der Waals surface area contributed by atoms with Gasteiger partial charge in [0, 0.05) is 6.54 Å². The van der Waals surface area contributed by atoms with Gasteiger partial charge in [0.2, 0.25) is 5.95 Å². The fourth-order valence-electron chi connectivity index (χ4n) is 2.24. The Kier molecular flexibility index (Phi) is 2.17. The minimum atomic E-state index is 0.267. The third-order valence-corrected chi connectivity index (χ3v) is 3.57. The summed E-state index contributed by atoms with van der Waals surface area (Å²) in [6.07, 6.45) is 5.59. The van der Waals surface area contributed by atoms with Gasteiger partial charge in [-0.3, -0.25) is 5.10 Å². The molecule has 0 bridgehead atoms. The van der Waals surface area contributed by atoms with Crippen LogP contribution in [0.3, 0.4) is 0 Å². The summed E-state index contributed by atoms with van der Waals surface area (Å²) in [6, 6.07) is 0. The second-order valence-electron chi connectivity index (χ2n) is 5.08. The normalized spacial score (nSPS) is 17.9. The second kappa shape index (κ2) is 3.58. The lowest BCUT2D eigenvalue weighted by Crippen LogP contribution is -2.33. The predicted octanol–water partition coefficient (Wildman–Crippen LogP) is 1.54. The second-order valence-corrected chi connectivity index (χ2v) is 5.08. The van der Waals surface area contributed by atoms with Crippen LogP contribution in [0.5, 0.6) is 0 Å². The van der Waals surface area contributed by atoms with Crippen LogP contribution in [0, 0.1) is 5.41 Å². The van der Waals surface area contributed by atoms with E-state index in [4.69, 9.17) is 5.73 Å². The van der Waals surface area contributed by atoms with Crippen LogP contribution in [0.25, 0.3) is 11.0 Å². The van der Waals surface area contributed by atoms with Crippen LogP contribution < -0.4 is 11.1 Å². The number of nitrogen functional groups attached to an aromatic ring is 1. The first-order valence-electron chi connectivity index (χ1n) is 5.87. The molecule has 0 spiro atoms. The lowest BCUT2D eigenvalue weighted by molar-refractivity contribution is 0.180. The molecule has 3 rings (SSSR count). The number of anilines is 2. The van der Waals surface area contributed by atoms with E-state index in [0.717, 1.165) is 17.7 Å². The van der Waals surface area contributed by atoms with Gasteiger partial charge in [-0.25, -0.2) is 0 Å². The topological polar surface area (TPSA) is 92.5 Å². The van der Waals surface area contributed by atoms with Crippen molar-refractivity contribution in [3.05, 3.63) is 6.20 Å². The minimum absolute atomic E-state index is 0.267. The number of H-pyrrole nitrogens is 1. The first kappa shape index (κ1) is 10.3. The van der Waals surface area contributed by atoms with Gasteiger partial charge in [-0.2, -0.15) is 15.1 Å². The number of nitrogens with zero attached hydrogens (tertiary/aromatic N) is 3. The van der Waals surface area contributed by atoms with Gasteiger partial charge in [-0.1, -0.05) is 13.3 Å². The Morgan fingerprint density at radius 2 is 2.29 bits per heavy atom. The molecule has 0 saturated heterocycles. The van der Waals surface area contributed by atoms with E-state index in [9.17, 15) is 0 Å². The number of fused-ring (bicyclic) bond motifs is 1. The summed E-state index contributed by atoms with van der Waals surface area (Å²) in [5, 5.41) is 11.0. The Hall–Kier alpha value is -1.85. The molecule has 2 heterocycles. The van der Waals surface area contributed by atoms with Crippen LogP contribution in [-0.2, 0) is 0 Å². The lowest BCUT2D eigenvalue weighted by Gasteiger charge is -2.38. The fraction of sp³-hybridized carbons (Fsp3) is 0.545. The number of hydrogen-bond donors (Lipinski definition) is 3. The summed E-state index contributed by atoms with van der Waals surface area (Å²) in [5.41, 5.74) is 6.74. The molecular formula is C11H16N6. The summed E-state index contributed by atoms with van der Waals surface area (Å²) < 4.78 is 0. The van der Waals surface area contributed by atoms with Gasteiger partial charge in [0.05, 0.1) is 11.6 Å². The smallest absolute Gasteiger partial charge is 0.224 e. The van der Waals surface area contributed by atoms with E-state index in [1.54, 1.807) is 6.20 Å². The highest BCUT2D eigenvalue weighted by Gasteiger charge is 2.31. The number of aromatic amines is 1. The molecule has 17 heavy (non-hydrogen) atoms. The maximum Gasteiger partial charge on any atom is 0.224 e. The maximum absolute atomic E-state index is 5.66. The van der Waals surface area contributed by atoms with Crippen LogP contribution in [0.15, 0.2) is 6.20 Å². The van der Waals surface area contributed by atoms with Crippen molar-refractivity contribution >= 4 is 22.8 Å². The van der Waals surface area contributed by atoms with Crippen LogP contribution in [0.4, 0.5) is 11.8 Å². The molecule has 0 aromatic carbocycles. The molecule has 0 aliphatic heterocycles. The minimum Gasteiger partial charge on any atom is -0.369 e. The van der Waals surface area contributed by atoms with Crippen LogP contribution >= 0.6 is 0 Å². The monoisotopic (exact) mass is 232 g/mol. The fourth-order valence-corrected chi connectivity index (χ4v) is 2.24. The Balaban J connectivity index is 1.86. The van der Waals surface area contributed by atoms with Crippen molar-refractivity contribution in [2.75, 3.05) is 17.6 Å². The quantitative estimate of drug-likeness (QED) is 0.746. The molecule has 1 saturated carbocycles. The van der Waals surface area contributed by atoms with Crippen LogP contribution in [0.2, 0.25) is 0 Å². The molecule has 1 fully saturated rings. The molecule has 90 valence electrons. The van der Waals surface area contributed by atoms with Gasteiger partial charge in [0.15, 0.2) is 5.65 Å². The zero-order valence-corrected chi connectivity index (χ0v) is 9.82. The molecule has 1 aliphatic rings. The Labute approximate surface area is 99.0 Å². The molecule has 1 aliphatic carbocycles. The molecule has 2 aromatic heterocycles. The van der Waals surface area contributed by atoms with E-state index in [0.29, 0.717) is 11.1 Å². The first-order chi connectivity index (χ1) is 8.16. The van der Waals surface area contributed by atoms with Crippen molar-refractivity contribution in [1.29, 1.82) is 0 Å². The predicted molar refractivity (Wildman–Crippen MR) is 66.5 cm³/mol. The summed E-state index contributed by atoms with van der Waals surface area (Å²) in [6.45, 7) is 3.21. The van der Waals surface area contributed by atoms with E-state index in [1.165, 1.54) is 19.3 Å². The zero-order valence-electron chi connectivity index (χ0n) is 9.82. The third-order valence-electron chi connectivity index (χ3n) is 3.57. The molecule has 4 N–H and O–H groups in total. The number of rotatable bonds is 3. The van der Waals surface area contributed by atoms with Crippen molar-refractivity contribution in [3.8, 4) is 0 Å². The third kappa shape index (κ3) is 1.79. The molecule has 0 atom stereocenters. The van der Waals surface area contributed by atoms with E-state index in [2.05, 4.69) is 32.4 Å². The summed E-state index contributed by atoms with van der Waals surface area (Å²) in [4.78, 5) is 8.31. The van der Waals surface area contributed by atoms with Crippen LogP contribution in [-0.4, -0.2) is 26.7 Å². The molecule has 6 nitrogen and oxygen atoms in total. The van der Waals surface area contributed by atoms with Crippen molar-refractivity contribution in [2.45, 2.75) is 26.2 Å². The number of nitrogens with two attached hydrogens (primary N) is 1. The van der Waals surface area contributed by atoms with E-state index >= 15 is 0 Å². The Morgan fingerprint density at radius 3 is 3.00 bits per heavy atom. The number of aromatic nitrogens is 4. The summed E-state index contributed by atoms with van der Waals surface area (Å²) in [7, 11) is 0. The maximum atomic E-state index is 5.66. The van der Waals surface area contributed by atoms with Gasteiger partial charge >= 0.3 is 0 Å². The van der Waals surface area contributed by atoms with E-state index < -0.39 is 0 Å². The highest BCUT2D eigenvalue weighted by atomic mass is 15.2. The molecule has 0 unspecified atom stereocenters. The number of nitrogens with one attached hydrogen (secondary N) is 2. The molecule has 2 aromatic rings. The van der Waals surface area contributed by atoms with Crippen molar-refractivity contribution in [1.82, 2.24) is 20.2 Å². The molecule has 0 radical (unpaired) electrons.